The summed E-state index contributed by atoms with van der Waals surface area (Å²) in [6.07, 6.45) is 0.0749. The summed E-state index contributed by atoms with van der Waals surface area (Å²) in [6, 6.07) is 16.7. The first-order valence-electron chi connectivity index (χ1n) is 8.09. The molecule has 0 spiro atoms. The molecule has 25 heavy (non-hydrogen) atoms. The normalized spacial score (nSPS) is 11.9. The van der Waals surface area contributed by atoms with Gasteiger partial charge in [-0.3, -0.25) is 9.59 Å². The molecule has 0 aliphatic carbocycles. The molecule has 0 radical (unpaired) electrons. The Balaban J connectivity index is 1.86. The van der Waals surface area contributed by atoms with Gasteiger partial charge >= 0.3 is 5.97 Å². The third-order valence-electron chi connectivity index (χ3n) is 4.21. The number of ether oxygens (including phenoxy) is 1. The van der Waals surface area contributed by atoms with Crippen molar-refractivity contribution in [2.75, 3.05) is 7.11 Å². The fraction of sp³-hybridized carbons (Fsp3) is 0.200. The third-order valence-corrected chi connectivity index (χ3v) is 4.21. The molecule has 1 amide bonds. The molecule has 5 nitrogen and oxygen atoms in total. The average Bonchev–Trinajstić information content (AvgIpc) is 3.07. The van der Waals surface area contributed by atoms with Crippen LogP contribution >= 0.6 is 0 Å². The standard InChI is InChI=1S/C20H20N2O3/c1-13-7-6-10-15-11-17(21-19(13)15)20(24)22-16(12-18(23)25-2)14-8-4-3-5-9-14/h3-11,16,21H,12H2,1-2H3,(H,22,24)/t16-/m1/s1. The Morgan fingerprint density at radius 1 is 1.12 bits per heavy atom. The Labute approximate surface area is 146 Å². The summed E-state index contributed by atoms with van der Waals surface area (Å²) in [4.78, 5) is 27.6. The van der Waals surface area contributed by atoms with Crippen molar-refractivity contribution in [2.45, 2.75) is 19.4 Å². The van der Waals surface area contributed by atoms with Gasteiger partial charge in [0, 0.05) is 10.9 Å². The Bertz CT molecular complexity index is 900. The van der Waals surface area contributed by atoms with Gasteiger partial charge < -0.3 is 15.0 Å². The second kappa shape index (κ2) is 7.21. The zero-order chi connectivity index (χ0) is 17.8. The molecular weight excluding hydrogens is 316 g/mol. The van der Waals surface area contributed by atoms with Crippen molar-refractivity contribution < 1.29 is 14.3 Å². The summed E-state index contributed by atoms with van der Waals surface area (Å²) in [5.74, 6) is -0.630. The summed E-state index contributed by atoms with van der Waals surface area (Å²) in [5, 5.41) is 3.91. The van der Waals surface area contributed by atoms with Gasteiger partial charge in [-0.2, -0.15) is 0 Å². The fourth-order valence-electron chi connectivity index (χ4n) is 2.85. The first kappa shape index (κ1) is 16.8. The number of para-hydroxylation sites is 1. The van der Waals surface area contributed by atoms with E-state index >= 15 is 0 Å². The number of methoxy groups -OCH3 is 1. The number of hydrogen-bond acceptors (Lipinski definition) is 3. The van der Waals surface area contributed by atoms with Crippen molar-refractivity contribution in [3.05, 3.63) is 71.4 Å². The number of benzene rings is 2. The van der Waals surface area contributed by atoms with Crippen molar-refractivity contribution >= 4 is 22.8 Å². The van der Waals surface area contributed by atoms with Crippen LogP contribution in [0.5, 0.6) is 0 Å². The van der Waals surface area contributed by atoms with E-state index in [1.54, 1.807) is 0 Å². The van der Waals surface area contributed by atoms with Crippen LogP contribution in [0, 0.1) is 6.92 Å². The Hall–Kier alpha value is -3.08. The molecule has 2 N–H and O–H groups in total. The van der Waals surface area contributed by atoms with Crippen molar-refractivity contribution in [2.24, 2.45) is 0 Å². The smallest absolute Gasteiger partial charge is 0.307 e. The monoisotopic (exact) mass is 336 g/mol. The summed E-state index contributed by atoms with van der Waals surface area (Å²) in [5.41, 5.74) is 3.34. The Kier molecular flexibility index (Phi) is 4.84. The lowest BCUT2D eigenvalue weighted by Crippen LogP contribution is -2.30. The number of hydrogen-bond donors (Lipinski definition) is 2. The zero-order valence-corrected chi connectivity index (χ0v) is 14.2. The van der Waals surface area contributed by atoms with Crippen LogP contribution in [0.25, 0.3) is 10.9 Å². The summed E-state index contributed by atoms with van der Waals surface area (Å²) in [6.45, 7) is 1.99. The molecule has 0 saturated carbocycles. The maximum absolute atomic E-state index is 12.7. The van der Waals surface area contributed by atoms with E-state index in [2.05, 4.69) is 10.3 Å². The van der Waals surface area contributed by atoms with Gasteiger partial charge in [-0.15, -0.1) is 0 Å². The van der Waals surface area contributed by atoms with E-state index in [0.29, 0.717) is 5.69 Å². The number of amides is 1. The number of aromatic amines is 1. The summed E-state index contributed by atoms with van der Waals surface area (Å²) < 4.78 is 4.76. The van der Waals surface area contributed by atoms with Gasteiger partial charge in [-0.05, 0) is 24.1 Å². The topological polar surface area (TPSA) is 71.2 Å². The molecule has 1 atom stereocenters. The molecule has 3 rings (SSSR count). The molecule has 2 aromatic carbocycles. The number of aromatic nitrogens is 1. The second-order valence-electron chi connectivity index (χ2n) is 5.94. The molecule has 0 unspecified atom stereocenters. The first-order chi connectivity index (χ1) is 12.1. The van der Waals surface area contributed by atoms with Crippen LogP contribution in [0.15, 0.2) is 54.6 Å². The van der Waals surface area contributed by atoms with Crippen LogP contribution < -0.4 is 5.32 Å². The molecule has 3 aromatic rings. The van der Waals surface area contributed by atoms with Crippen molar-refractivity contribution in [1.82, 2.24) is 10.3 Å². The predicted molar refractivity (Wildman–Crippen MR) is 96.3 cm³/mol. The quantitative estimate of drug-likeness (QED) is 0.700. The van der Waals surface area contributed by atoms with E-state index in [1.165, 1.54) is 7.11 Å². The van der Waals surface area contributed by atoms with E-state index in [9.17, 15) is 9.59 Å². The fourth-order valence-corrected chi connectivity index (χ4v) is 2.85. The Morgan fingerprint density at radius 3 is 2.56 bits per heavy atom. The van der Waals surface area contributed by atoms with Crippen LogP contribution in [-0.2, 0) is 9.53 Å². The van der Waals surface area contributed by atoms with Crippen LogP contribution in [-0.4, -0.2) is 24.0 Å². The van der Waals surface area contributed by atoms with E-state index < -0.39 is 6.04 Å². The maximum Gasteiger partial charge on any atom is 0.307 e. The van der Waals surface area contributed by atoms with Gasteiger partial charge in [0.2, 0.25) is 0 Å². The lowest BCUT2D eigenvalue weighted by atomic mass is 10.0. The molecule has 0 aliphatic heterocycles. The number of nitrogens with one attached hydrogen (secondary N) is 2. The molecule has 0 bridgehead atoms. The minimum absolute atomic E-state index is 0.0749. The van der Waals surface area contributed by atoms with E-state index in [-0.39, 0.29) is 18.3 Å². The highest BCUT2D eigenvalue weighted by Gasteiger charge is 2.20. The molecule has 1 heterocycles. The third kappa shape index (κ3) is 3.71. The van der Waals surface area contributed by atoms with Crippen LogP contribution in [0.4, 0.5) is 0 Å². The lowest BCUT2D eigenvalue weighted by Gasteiger charge is -2.17. The van der Waals surface area contributed by atoms with E-state index in [1.807, 2.05) is 61.5 Å². The summed E-state index contributed by atoms with van der Waals surface area (Å²) in [7, 11) is 1.34. The van der Waals surface area contributed by atoms with Gasteiger partial charge in [-0.1, -0.05) is 48.5 Å². The lowest BCUT2D eigenvalue weighted by molar-refractivity contribution is -0.141. The van der Waals surface area contributed by atoms with Crippen LogP contribution in [0.2, 0.25) is 0 Å². The summed E-state index contributed by atoms with van der Waals surface area (Å²) >= 11 is 0. The number of fused-ring (bicyclic) bond motifs is 1. The van der Waals surface area contributed by atoms with E-state index in [4.69, 9.17) is 4.74 Å². The molecule has 1 aromatic heterocycles. The second-order valence-corrected chi connectivity index (χ2v) is 5.94. The van der Waals surface area contributed by atoms with Gasteiger partial charge in [0.05, 0.1) is 19.6 Å². The maximum atomic E-state index is 12.7. The molecule has 5 heteroatoms. The number of H-pyrrole nitrogens is 1. The number of aryl methyl sites for hydroxylation is 1. The van der Waals surface area contributed by atoms with Crippen molar-refractivity contribution in [3.63, 3.8) is 0 Å². The largest absolute Gasteiger partial charge is 0.469 e. The molecule has 0 fully saturated rings. The van der Waals surface area contributed by atoms with Gasteiger partial charge in [-0.25, -0.2) is 0 Å². The highest BCUT2D eigenvalue weighted by molar-refractivity contribution is 5.99. The van der Waals surface area contributed by atoms with Gasteiger partial charge in [0.1, 0.15) is 5.69 Å². The highest BCUT2D eigenvalue weighted by Crippen LogP contribution is 2.21. The van der Waals surface area contributed by atoms with Gasteiger partial charge in [0.15, 0.2) is 0 Å². The molecule has 0 aliphatic rings. The molecule has 128 valence electrons. The molecule has 0 saturated heterocycles. The number of rotatable bonds is 5. The zero-order valence-electron chi connectivity index (χ0n) is 14.2. The molecular formula is C20H20N2O3. The average molecular weight is 336 g/mol. The van der Waals surface area contributed by atoms with Crippen LogP contribution in [0.3, 0.4) is 0 Å². The minimum Gasteiger partial charge on any atom is -0.469 e. The minimum atomic E-state index is -0.450. The Morgan fingerprint density at radius 2 is 1.88 bits per heavy atom. The predicted octanol–water partition coefficient (Wildman–Crippen LogP) is 3.51. The number of carbonyl (C=O) groups is 2. The highest BCUT2D eigenvalue weighted by atomic mass is 16.5. The van der Waals surface area contributed by atoms with E-state index in [0.717, 1.165) is 22.0 Å². The van der Waals surface area contributed by atoms with Gasteiger partial charge in [0.25, 0.3) is 5.91 Å². The SMILES string of the molecule is COC(=O)C[C@@H](NC(=O)c1cc2cccc(C)c2[nH]1)c1ccccc1. The van der Waals surface area contributed by atoms with Crippen LogP contribution in [0.1, 0.15) is 34.1 Å². The van der Waals surface area contributed by atoms with Crippen molar-refractivity contribution in [1.29, 1.82) is 0 Å². The first-order valence-corrected chi connectivity index (χ1v) is 8.09. The number of esters is 1. The van der Waals surface area contributed by atoms with Crippen molar-refractivity contribution in [3.8, 4) is 0 Å². The number of carbonyl (C=O) groups excluding carboxylic acids is 2.